The number of hydrogen-bond donors (Lipinski definition) is 2. The highest BCUT2D eigenvalue weighted by atomic mass is 32.1. The molecule has 3 aromatic heterocycles. The van der Waals surface area contributed by atoms with Crippen LogP contribution in [-0.2, 0) is 6.54 Å². The molecule has 0 fully saturated rings. The van der Waals surface area contributed by atoms with Gasteiger partial charge >= 0.3 is 0 Å². The molecule has 3 N–H and O–H groups in total. The van der Waals surface area contributed by atoms with Crippen LogP contribution in [0.2, 0.25) is 0 Å². The molecule has 0 aliphatic heterocycles. The zero-order valence-corrected chi connectivity index (χ0v) is 18.2. The first-order valence-corrected chi connectivity index (χ1v) is 11.5. The molecule has 5 rings (SSSR count). The molecule has 5 aromatic rings. The second kappa shape index (κ2) is 8.34. The molecule has 0 aliphatic rings. The van der Waals surface area contributed by atoms with Crippen molar-refractivity contribution < 1.29 is 4.79 Å². The van der Waals surface area contributed by atoms with Crippen molar-refractivity contribution in [2.45, 2.75) is 6.54 Å². The average Bonchev–Trinajstić information content (AvgIpc) is 3.46. The van der Waals surface area contributed by atoms with Crippen molar-refractivity contribution in [2.24, 2.45) is 0 Å². The molecule has 0 radical (unpaired) electrons. The van der Waals surface area contributed by atoms with E-state index in [1.807, 2.05) is 66.0 Å². The van der Waals surface area contributed by atoms with E-state index in [1.54, 1.807) is 11.3 Å². The zero-order chi connectivity index (χ0) is 21.2. The third-order valence-corrected chi connectivity index (χ3v) is 7.04. The van der Waals surface area contributed by atoms with Crippen molar-refractivity contribution in [1.29, 1.82) is 0 Å². The van der Waals surface area contributed by atoms with Gasteiger partial charge in [0.05, 0.1) is 17.9 Å². The molecule has 0 spiro atoms. The van der Waals surface area contributed by atoms with Crippen molar-refractivity contribution in [2.75, 3.05) is 5.73 Å². The van der Waals surface area contributed by atoms with Gasteiger partial charge < -0.3 is 11.1 Å². The molecule has 3 heterocycles. The predicted octanol–water partition coefficient (Wildman–Crippen LogP) is 6.20. The van der Waals surface area contributed by atoms with Crippen molar-refractivity contribution in [3.63, 3.8) is 0 Å². The summed E-state index contributed by atoms with van der Waals surface area (Å²) < 4.78 is 0. The lowest BCUT2D eigenvalue weighted by Crippen LogP contribution is -2.22. The van der Waals surface area contributed by atoms with E-state index in [0.717, 1.165) is 37.5 Å². The number of carbonyl (C=O) groups excluding carboxylic acids is 1. The Bertz CT molecular complexity index is 1340. The summed E-state index contributed by atoms with van der Waals surface area (Å²) in [5, 5.41) is 5.81. The number of nitrogens with two attached hydrogens (primary N) is 1. The number of aromatic nitrogens is 1. The first-order valence-electron chi connectivity index (χ1n) is 9.85. The fourth-order valence-electron chi connectivity index (χ4n) is 3.55. The number of thiophene rings is 2. The third-order valence-electron chi connectivity index (χ3n) is 5.06. The van der Waals surface area contributed by atoms with Crippen LogP contribution in [-0.4, -0.2) is 10.9 Å². The Morgan fingerprint density at radius 1 is 0.935 bits per heavy atom. The maximum Gasteiger partial charge on any atom is 0.263 e. The second-order valence-electron chi connectivity index (χ2n) is 7.07. The van der Waals surface area contributed by atoms with Gasteiger partial charge in [-0.2, -0.15) is 0 Å². The summed E-state index contributed by atoms with van der Waals surface area (Å²) in [5.74, 6) is -0.172. The van der Waals surface area contributed by atoms with Crippen molar-refractivity contribution in [1.82, 2.24) is 10.3 Å². The number of nitrogens with zero attached hydrogens (tertiary/aromatic N) is 1. The number of benzene rings is 2. The number of pyridine rings is 1. The molecule has 152 valence electrons. The van der Waals surface area contributed by atoms with Crippen LogP contribution < -0.4 is 11.1 Å². The molecule has 0 saturated heterocycles. The van der Waals surface area contributed by atoms with Crippen molar-refractivity contribution >= 4 is 44.5 Å². The maximum atomic E-state index is 12.9. The molecule has 1 amide bonds. The summed E-state index contributed by atoms with van der Waals surface area (Å²) in [4.78, 5) is 20.2. The Hall–Kier alpha value is -3.48. The number of rotatable bonds is 5. The Morgan fingerprint density at radius 2 is 1.65 bits per heavy atom. The summed E-state index contributed by atoms with van der Waals surface area (Å²) in [6, 6.07) is 26.2. The molecule has 0 atom stereocenters. The number of fused-ring (bicyclic) bond motifs is 1. The summed E-state index contributed by atoms with van der Waals surface area (Å²) in [6.07, 6.45) is 0. The van der Waals surface area contributed by atoms with Crippen LogP contribution in [0.5, 0.6) is 0 Å². The normalized spacial score (nSPS) is 11.0. The molecule has 4 nitrogen and oxygen atoms in total. The van der Waals surface area contributed by atoms with Crippen LogP contribution in [0.15, 0.2) is 84.2 Å². The minimum atomic E-state index is -0.172. The minimum Gasteiger partial charge on any atom is -0.397 e. The number of amides is 1. The lowest BCUT2D eigenvalue weighted by Gasteiger charge is -2.09. The van der Waals surface area contributed by atoms with Gasteiger partial charge in [-0.15, -0.1) is 22.7 Å². The standard InChI is InChI=1S/C25H19N3OS2/c26-22-21-19(16-8-3-1-4-9-16)14-20(17-10-5-2-6-11-17)28-25(21)31-23(22)24(29)27-15-18-12-7-13-30-18/h1-14H,15,26H2,(H,27,29). The third kappa shape index (κ3) is 3.83. The number of nitrogen functional groups attached to an aromatic ring is 1. The van der Waals surface area contributed by atoms with E-state index in [-0.39, 0.29) is 5.91 Å². The number of nitrogens with one attached hydrogen (secondary N) is 1. The molecule has 0 aliphatic carbocycles. The van der Waals surface area contributed by atoms with E-state index in [0.29, 0.717) is 17.1 Å². The van der Waals surface area contributed by atoms with Crippen LogP contribution in [0.3, 0.4) is 0 Å². The number of anilines is 1. The van der Waals surface area contributed by atoms with E-state index >= 15 is 0 Å². The van der Waals surface area contributed by atoms with E-state index in [4.69, 9.17) is 10.7 Å². The van der Waals surface area contributed by atoms with Gasteiger partial charge in [-0.05, 0) is 28.6 Å². The van der Waals surface area contributed by atoms with Crippen LogP contribution >= 0.6 is 22.7 Å². The van der Waals surface area contributed by atoms with Crippen LogP contribution in [0.25, 0.3) is 32.6 Å². The molecule has 0 unspecified atom stereocenters. The second-order valence-corrected chi connectivity index (χ2v) is 9.11. The molecule has 6 heteroatoms. The van der Waals surface area contributed by atoms with Gasteiger partial charge in [0.1, 0.15) is 9.71 Å². The topological polar surface area (TPSA) is 68.0 Å². The Balaban J connectivity index is 1.63. The molecule has 0 saturated carbocycles. The van der Waals surface area contributed by atoms with Gasteiger partial charge in [0.15, 0.2) is 0 Å². The lowest BCUT2D eigenvalue weighted by atomic mass is 9.99. The fourth-order valence-corrected chi connectivity index (χ4v) is 5.23. The lowest BCUT2D eigenvalue weighted by molar-refractivity contribution is 0.0956. The zero-order valence-electron chi connectivity index (χ0n) is 16.5. The van der Waals surface area contributed by atoms with Gasteiger partial charge in [0.25, 0.3) is 5.91 Å². The smallest absolute Gasteiger partial charge is 0.263 e. The Morgan fingerprint density at radius 3 is 2.32 bits per heavy atom. The quantitative estimate of drug-likeness (QED) is 0.341. The summed E-state index contributed by atoms with van der Waals surface area (Å²) in [5.41, 5.74) is 10.9. The van der Waals surface area contributed by atoms with Crippen molar-refractivity contribution in [3.05, 3.63) is 94.0 Å². The minimum absolute atomic E-state index is 0.172. The summed E-state index contributed by atoms with van der Waals surface area (Å²) in [6.45, 7) is 0.485. The van der Waals surface area contributed by atoms with Crippen LogP contribution in [0.1, 0.15) is 14.5 Å². The molecular weight excluding hydrogens is 422 g/mol. The first-order chi connectivity index (χ1) is 15.2. The molecule has 0 bridgehead atoms. The highest BCUT2D eigenvalue weighted by molar-refractivity contribution is 7.21. The summed E-state index contributed by atoms with van der Waals surface area (Å²) >= 11 is 2.96. The fraction of sp³-hybridized carbons (Fsp3) is 0.0400. The predicted molar refractivity (Wildman–Crippen MR) is 130 cm³/mol. The van der Waals surface area contributed by atoms with E-state index in [1.165, 1.54) is 11.3 Å². The van der Waals surface area contributed by atoms with Crippen LogP contribution in [0.4, 0.5) is 5.69 Å². The van der Waals surface area contributed by atoms with E-state index < -0.39 is 0 Å². The highest BCUT2D eigenvalue weighted by Gasteiger charge is 2.21. The highest BCUT2D eigenvalue weighted by Crippen LogP contribution is 2.41. The van der Waals surface area contributed by atoms with Crippen LogP contribution in [0, 0.1) is 0 Å². The largest absolute Gasteiger partial charge is 0.397 e. The van der Waals surface area contributed by atoms with E-state index in [2.05, 4.69) is 23.5 Å². The number of hydrogen-bond acceptors (Lipinski definition) is 5. The monoisotopic (exact) mass is 441 g/mol. The van der Waals surface area contributed by atoms with E-state index in [9.17, 15) is 4.79 Å². The average molecular weight is 442 g/mol. The maximum absolute atomic E-state index is 12.9. The molecule has 31 heavy (non-hydrogen) atoms. The first kappa shape index (κ1) is 19.5. The Kier molecular flexibility index (Phi) is 5.24. The van der Waals surface area contributed by atoms with Crippen molar-refractivity contribution in [3.8, 4) is 22.4 Å². The van der Waals surface area contributed by atoms with Gasteiger partial charge in [-0.25, -0.2) is 4.98 Å². The van der Waals surface area contributed by atoms with Gasteiger partial charge in [-0.3, -0.25) is 4.79 Å². The Labute approximate surface area is 188 Å². The number of carbonyl (C=O) groups is 1. The van der Waals surface area contributed by atoms with Gasteiger partial charge in [0, 0.05) is 15.8 Å². The SMILES string of the molecule is Nc1c(C(=O)NCc2cccs2)sc2nc(-c3ccccc3)cc(-c3ccccc3)c12. The molecular formula is C25H19N3OS2. The molecule has 2 aromatic carbocycles. The summed E-state index contributed by atoms with van der Waals surface area (Å²) in [7, 11) is 0. The van der Waals surface area contributed by atoms with Gasteiger partial charge in [-0.1, -0.05) is 66.7 Å². The van der Waals surface area contributed by atoms with Gasteiger partial charge in [0.2, 0.25) is 0 Å².